The van der Waals surface area contributed by atoms with Crippen LogP contribution < -0.4 is 5.32 Å². The number of nitrogens with zero attached hydrogens (tertiary/aromatic N) is 1. The van der Waals surface area contributed by atoms with Gasteiger partial charge in [0.2, 0.25) is 0 Å². The van der Waals surface area contributed by atoms with Crippen molar-refractivity contribution in [2.45, 2.75) is 32.8 Å². The van der Waals surface area contributed by atoms with Gasteiger partial charge in [-0.1, -0.05) is 42.6 Å². The summed E-state index contributed by atoms with van der Waals surface area (Å²) in [6.07, 6.45) is 1.27. The summed E-state index contributed by atoms with van der Waals surface area (Å²) in [7, 11) is 0. The van der Waals surface area contributed by atoms with Crippen molar-refractivity contribution in [3.63, 3.8) is 0 Å². The van der Waals surface area contributed by atoms with Crippen molar-refractivity contribution in [1.29, 1.82) is 0 Å². The van der Waals surface area contributed by atoms with Crippen molar-refractivity contribution in [3.8, 4) is 0 Å². The van der Waals surface area contributed by atoms with E-state index >= 15 is 0 Å². The van der Waals surface area contributed by atoms with Crippen LogP contribution in [0.3, 0.4) is 0 Å². The highest BCUT2D eigenvalue weighted by atomic mass is 79.9. The molecule has 0 saturated carbocycles. The molecule has 1 atom stereocenters. The molecule has 1 rings (SSSR count). The van der Waals surface area contributed by atoms with Crippen LogP contribution in [0, 0.1) is 16.0 Å². The number of aliphatic hydroxyl groups is 1. The number of hydrogen-bond acceptors (Lipinski definition) is 4. The molecule has 19 heavy (non-hydrogen) atoms. The molecule has 1 aromatic rings. The Labute approximate surface area is 121 Å². The standard InChI is InChI=1S/C13H19BrN2O3/c1-3-9(4-2)13(17)8-15-11-7-10(14)5-6-12(11)16(18)19/h5-7,9,13,15,17H,3-4,8H2,1-2H3. The van der Waals surface area contributed by atoms with E-state index in [-0.39, 0.29) is 11.6 Å². The van der Waals surface area contributed by atoms with Crippen molar-refractivity contribution in [2.24, 2.45) is 5.92 Å². The first-order chi connectivity index (χ1) is 8.99. The molecule has 1 aromatic carbocycles. The number of aliphatic hydroxyl groups excluding tert-OH is 1. The van der Waals surface area contributed by atoms with Crippen LogP contribution in [0.1, 0.15) is 26.7 Å². The smallest absolute Gasteiger partial charge is 0.292 e. The normalized spacial score (nSPS) is 12.5. The Morgan fingerprint density at radius 2 is 2.05 bits per heavy atom. The van der Waals surface area contributed by atoms with Gasteiger partial charge < -0.3 is 10.4 Å². The van der Waals surface area contributed by atoms with Crippen LogP contribution in [-0.2, 0) is 0 Å². The fraction of sp³-hybridized carbons (Fsp3) is 0.538. The lowest BCUT2D eigenvalue weighted by molar-refractivity contribution is -0.384. The van der Waals surface area contributed by atoms with E-state index in [0.717, 1.165) is 17.3 Å². The lowest BCUT2D eigenvalue weighted by Crippen LogP contribution is -2.27. The minimum atomic E-state index is -0.506. The Morgan fingerprint density at radius 3 is 2.58 bits per heavy atom. The summed E-state index contributed by atoms with van der Waals surface area (Å²) in [6, 6.07) is 4.72. The molecule has 5 nitrogen and oxygen atoms in total. The van der Waals surface area contributed by atoms with Gasteiger partial charge in [0.25, 0.3) is 5.69 Å². The van der Waals surface area contributed by atoms with Crippen molar-refractivity contribution < 1.29 is 10.0 Å². The minimum Gasteiger partial charge on any atom is -0.391 e. The Balaban J connectivity index is 2.76. The van der Waals surface area contributed by atoms with E-state index in [4.69, 9.17) is 0 Å². The third kappa shape index (κ3) is 4.47. The summed E-state index contributed by atoms with van der Waals surface area (Å²) < 4.78 is 0.762. The summed E-state index contributed by atoms with van der Waals surface area (Å²) in [5, 5.41) is 23.9. The molecule has 1 unspecified atom stereocenters. The molecule has 0 spiro atoms. The molecular weight excluding hydrogens is 312 g/mol. The maximum atomic E-state index is 10.9. The zero-order valence-corrected chi connectivity index (χ0v) is 12.7. The fourth-order valence-corrected chi connectivity index (χ4v) is 2.38. The summed E-state index contributed by atoms with van der Waals surface area (Å²) in [5.41, 5.74) is 0.435. The zero-order chi connectivity index (χ0) is 14.4. The maximum Gasteiger partial charge on any atom is 0.292 e. The van der Waals surface area contributed by atoms with E-state index in [9.17, 15) is 15.2 Å². The van der Waals surface area contributed by atoms with Gasteiger partial charge in [0.05, 0.1) is 11.0 Å². The molecule has 0 fully saturated rings. The second-order valence-electron chi connectivity index (χ2n) is 4.44. The van der Waals surface area contributed by atoms with Crippen LogP contribution in [0.4, 0.5) is 11.4 Å². The van der Waals surface area contributed by atoms with Crippen molar-refractivity contribution in [1.82, 2.24) is 0 Å². The molecule has 106 valence electrons. The molecule has 0 aliphatic rings. The fourth-order valence-electron chi connectivity index (χ4n) is 2.02. The lowest BCUT2D eigenvalue weighted by Gasteiger charge is -2.20. The first kappa shape index (κ1) is 15.9. The topological polar surface area (TPSA) is 75.4 Å². The van der Waals surface area contributed by atoms with E-state index in [0.29, 0.717) is 12.2 Å². The molecule has 0 saturated heterocycles. The number of halogens is 1. The number of benzene rings is 1. The van der Waals surface area contributed by atoms with Crippen LogP contribution >= 0.6 is 15.9 Å². The Hall–Kier alpha value is -1.14. The molecule has 0 amide bonds. The molecule has 6 heteroatoms. The largest absolute Gasteiger partial charge is 0.391 e. The highest BCUT2D eigenvalue weighted by Gasteiger charge is 2.18. The maximum absolute atomic E-state index is 10.9. The molecule has 2 N–H and O–H groups in total. The highest BCUT2D eigenvalue weighted by molar-refractivity contribution is 9.10. The van der Waals surface area contributed by atoms with Gasteiger partial charge in [-0.25, -0.2) is 0 Å². The van der Waals surface area contributed by atoms with Gasteiger partial charge in [0.1, 0.15) is 5.69 Å². The average molecular weight is 331 g/mol. The summed E-state index contributed by atoms with van der Waals surface area (Å²) >= 11 is 3.28. The monoisotopic (exact) mass is 330 g/mol. The van der Waals surface area contributed by atoms with Gasteiger partial charge >= 0.3 is 0 Å². The molecule has 0 aliphatic carbocycles. The van der Waals surface area contributed by atoms with Crippen LogP contribution in [0.25, 0.3) is 0 Å². The van der Waals surface area contributed by atoms with Crippen LogP contribution in [-0.4, -0.2) is 22.7 Å². The molecule has 0 aromatic heterocycles. The van der Waals surface area contributed by atoms with Gasteiger partial charge in [-0.05, 0) is 18.1 Å². The van der Waals surface area contributed by atoms with Gasteiger partial charge in [0, 0.05) is 17.1 Å². The number of rotatable bonds is 7. The highest BCUT2D eigenvalue weighted by Crippen LogP contribution is 2.28. The summed E-state index contributed by atoms with van der Waals surface area (Å²) in [4.78, 5) is 10.5. The van der Waals surface area contributed by atoms with Gasteiger partial charge in [0.15, 0.2) is 0 Å². The van der Waals surface area contributed by atoms with E-state index in [1.807, 2.05) is 13.8 Å². The second kappa shape index (κ2) is 7.45. The zero-order valence-electron chi connectivity index (χ0n) is 11.1. The van der Waals surface area contributed by atoms with E-state index < -0.39 is 11.0 Å². The predicted molar refractivity (Wildman–Crippen MR) is 79.4 cm³/mol. The van der Waals surface area contributed by atoms with E-state index in [2.05, 4.69) is 21.2 Å². The third-order valence-electron chi connectivity index (χ3n) is 3.25. The Morgan fingerprint density at radius 1 is 1.42 bits per heavy atom. The average Bonchev–Trinajstić information content (AvgIpc) is 2.37. The second-order valence-corrected chi connectivity index (χ2v) is 5.36. The van der Waals surface area contributed by atoms with E-state index in [1.54, 1.807) is 12.1 Å². The Bertz CT molecular complexity index is 436. The number of hydrogen-bond donors (Lipinski definition) is 2. The van der Waals surface area contributed by atoms with Crippen LogP contribution in [0.2, 0.25) is 0 Å². The molecule has 0 bridgehead atoms. The first-order valence-electron chi connectivity index (χ1n) is 6.35. The minimum absolute atomic E-state index is 0.0138. The SMILES string of the molecule is CCC(CC)C(O)CNc1cc(Br)ccc1[N+](=O)[O-]. The van der Waals surface area contributed by atoms with Gasteiger partial charge in [-0.2, -0.15) is 0 Å². The van der Waals surface area contributed by atoms with Gasteiger partial charge in [-0.15, -0.1) is 0 Å². The van der Waals surface area contributed by atoms with Crippen molar-refractivity contribution in [3.05, 3.63) is 32.8 Å². The summed E-state index contributed by atoms with van der Waals surface area (Å²) in [5.74, 6) is 0.207. The van der Waals surface area contributed by atoms with Crippen molar-refractivity contribution in [2.75, 3.05) is 11.9 Å². The Kier molecular flexibility index (Phi) is 6.24. The predicted octanol–water partition coefficient (Wildman–Crippen LogP) is 3.57. The molecular formula is C13H19BrN2O3. The van der Waals surface area contributed by atoms with Crippen molar-refractivity contribution >= 4 is 27.3 Å². The summed E-state index contributed by atoms with van der Waals surface area (Å²) in [6.45, 7) is 4.36. The molecule has 0 radical (unpaired) electrons. The van der Waals surface area contributed by atoms with Crippen LogP contribution in [0.5, 0.6) is 0 Å². The number of anilines is 1. The number of nitro groups is 1. The molecule has 0 heterocycles. The number of nitrogens with one attached hydrogen (secondary N) is 1. The third-order valence-corrected chi connectivity index (χ3v) is 3.74. The quantitative estimate of drug-likeness (QED) is 0.592. The van der Waals surface area contributed by atoms with Crippen LogP contribution in [0.15, 0.2) is 22.7 Å². The number of nitro benzene ring substituents is 1. The van der Waals surface area contributed by atoms with E-state index in [1.165, 1.54) is 6.07 Å². The first-order valence-corrected chi connectivity index (χ1v) is 7.14. The van der Waals surface area contributed by atoms with Gasteiger partial charge in [-0.3, -0.25) is 10.1 Å². The molecule has 0 aliphatic heterocycles. The lowest BCUT2D eigenvalue weighted by atomic mass is 9.96.